The van der Waals surface area contributed by atoms with Crippen molar-refractivity contribution in [3.63, 3.8) is 0 Å². The van der Waals surface area contributed by atoms with Crippen LogP contribution >= 0.6 is 0 Å². The number of nitrogens with zero attached hydrogens (tertiary/aromatic N) is 2. The standard InChI is InChI=1S/C30H29N2/c1-30(2)27-15-6-7-16-28(27)31(3)29(30)17-8-10-23-18-20-32(21-19-23)22-25-13-9-12-24-11-4-5-14-26(24)25/h4-21H,22H2,1-3H3/q+1. The summed E-state index contributed by atoms with van der Waals surface area (Å²) in [6.45, 7) is 5.47. The minimum absolute atomic E-state index is 0.00779. The van der Waals surface area contributed by atoms with Gasteiger partial charge in [0.25, 0.3) is 0 Å². The summed E-state index contributed by atoms with van der Waals surface area (Å²) in [7, 11) is 2.16. The van der Waals surface area contributed by atoms with Crippen LogP contribution in [0.3, 0.4) is 0 Å². The summed E-state index contributed by atoms with van der Waals surface area (Å²) < 4.78 is 2.24. The van der Waals surface area contributed by atoms with E-state index in [1.807, 2.05) is 0 Å². The van der Waals surface area contributed by atoms with Gasteiger partial charge in [0.1, 0.15) is 0 Å². The first-order valence-electron chi connectivity index (χ1n) is 11.2. The molecule has 1 aromatic heterocycles. The quantitative estimate of drug-likeness (QED) is 0.344. The van der Waals surface area contributed by atoms with Crippen molar-refractivity contribution >= 4 is 22.5 Å². The van der Waals surface area contributed by atoms with Crippen molar-refractivity contribution in [2.45, 2.75) is 25.8 Å². The van der Waals surface area contributed by atoms with Gasteiger partial charge in [-0.15, -0.1) is 0 Å². The number of allylic oxidation sites excluding steroid dienone is 3. The zero-order valence-corrected chi connectivity index (χ0v) is 19.0. The van der Waals surface area contributed by atoms with Crippen molar-refractivity contribution in [3.05, 3.63) is 126 Å². The Morgan fingerprint density at radius 1 is 0.844 bits per heavy atom. The van der Waals surface area contributed by atoms with Crippen LogP contribution in [-0.4, -0.2) is 7.05 Å². The largest absolute Gasteiger partial charge is 0.347 e. The molecule has 2 heteroatoms. The van der Waals surface area contributed by atoms with E-state index < -0.39 is 0 Å². The molecular formula is C30H29N2+. The van der Waals surface area contributed by atoms with Crippen LogP contribution in [0.15, 0.2) is 109 Å². The van der Waals surface area contributed by atoms with Gasteiger partial charge >= 0.3 is 0 Å². The molecule has 3 aromatic carbocycles. The second-order valence-corrected chi connectivity index (χ2v) is 9.05. The number of aromatic nitrogens is 1. The molecule has 32 heavy (non-hydrogen) atoms. The Morgan fingerprint density at radius 2 is 1.56 bits per heavy atom. The van der Waals surface area contributed by atoms with Gasteiger partial charge in [0, 0.05) is 41.5 Å². The number of anilines is 1. The highest BCUT2D eigenvalue weighted by atomic mass is 15.2. The van der Waals surface area contributed by atoms with Crippen molar-refractivity contribution in [2.24, 2.45) is 0 Å². The lowest BCUT2D eigenvalue weighted by molar-refractivity contribution is -0.688. The first-order chi connectivity index (χ1) is 15.5. The maximum Gasteiger partial charge on any atom is 0.174 e. The maximum atomic E-state index is 2.31. The van der Waals surface area contributed by atoms with E-state index in [4.69, 9.17) is 0 Å². The van der Waals surface area contributed by atoms with E-state index in [2.05, 4.69) is 140 Å². The first-order valence-corrected chi connectivity index (χ1v) is 11.2. The van der Waals surface area contributed by atoms with E-state index in [0.29, 0.717) is 0 Å². The highest BCUT2D eigenvalue weighted by Crippen LogP contribution is 2.46. The second-order valence-electron chi connectivity index (χ2n) is 9.05. The second kappa shape index (κ2) is 8.12. The van der Waals surface area contributed by atoms with Crippen LogP contribution in [-0.2, 0) is 12.0 Å². The zero-order chi connectivity index (χ0) is 22.1. The van der Waals surface area contributed by atoms with Gasteiger partial charge in [-0.2, -0.15) is 0 Å². The highest BCUT2D eigenvalue weighted by Gasteiger charge is 2.37. The number of fused-ring (bicyclic) bond motifs is 2. The van der Waals surface area contributed by atoms with Crippen LogP contribution in [0.4, 0.5) is 5.69 Å². The lowest BCUT2D eigenvalue weighted by atomic mass is 9.84. The molecule has 0 atom stereocenters. The van der Waals surface area contributed by atoms with E-state index in [1.54, 1.807) is 0 Å². The fourth-order valence-corrected chi connectivity index (χ4v) is 4.86. The molecule has 5 rings (SSSR count). The molecule has 2 nitrogen and oxygen atoms in total. The Kier molecular flexibility index (Phi) is 5.14. The molecule has 0 amide bonds. The topological polar surface area (TPSA) is 7.12 Å². The lowest BCUT2D eigenvalue weighted by Crippen LogP contribution is -2.33. The molecule has 1 aliphatic rings. The molecule has 0 bridgehead atoms. The van der Waals surface area contributed by atoms with E-state index >= 15 is 0 Å². The average molecular weight is 418 g/mol. The minimum Gasteiger partial charge on any atom is -0.347 e. The smallest absolute Gasteiger partial charge is 0.174 e. The lowest BCUT2D eigenvalue weighted by Gasteiger charge is -2.23. The molecule has 0 saturated heterocycles. The fraction of sp³-hybridized carbons (Fsp3) is 0.167. The van der Waals surface area contributed by atoms with Crippen LogP contribution < -0.4 is 9.47 Å². The highest BCUT2D eigenvalue weighted by molar-refractivity contribution is 5.85. The maximum absolute atomic E-state index is 2.31. The third kappa shape index (κ3) is 3.62. The molecule has 0 saturated carbocycles. The van der Waals surface area contributed by atoms with Crippen LogP contribution in [0.2, 0.25) is 0 Å². The Hall–Kier alpha value is -3.65. The Morgan fingerprint density at radius 3 is 2.38 bits per heavy atom. The summed E-state index contributed by atoms with van der Waals surface area (Å²) in [4.78, 5) is 2.31. The summed E-state index contributed by atoms with van der Waals surface area (Å²) in [6.07, 6.45) is 10.9. The molecule has 158 valence electrons. The van der Waals surface area contributed by atoms with E-state index in [1.165, 1.54) is 38.8 Å². The van der Waals surface area contributed by atoms with Crippen molar-refractivity contribution in [1.29, 1.82) is 0 Å². The van der Waals surface area contributed by atoms with Crippen molar-refractivity contribution in [2.75, 3.05) is 11.9 Å². The van der Waals surface area contributed by atoms with Gasteiger partial charge in [-0.25, -0.2) is 4.57 Å². The molecule has 0 unspecified atom stereocenters. The number of para-hydroxylation sites is 1. The van der Waals surface area contributed by atoms with E-state index in [9.17, 15) is 0 Å². The van der Waals surface area contributed by atoms with Gasteiger partial charge in [0.05, 0.1) is 0 Å². The van der Waals surface area contributed by atoms with Gasteiger partial charge in [0.15, 0.2) is 18.9 Å². The summed E-state index contributed by atoms with van der Waals surface area (Å²) in [5.41, 5.74) is 6.55. The number of pyridine rings is 1. The number of hydrogen-bond acceptors (Lipinski definition) is 1. The van der Waals surface area contributed by atoms with Crippen molar-refractivity contribution < 1.29 is 4.57 Å². The molecule has 0 fully saturated rings. The Bertz CT molecular complexity index is 1320. The van der Waals surface area contributed by atoms with E-state index in [0.717, 1.165) is 6.54 Å². The summed E-state index contributed by atoms with van der Waals surface area (Å²) in [5, 5.41) is 2.61. The third-order valence-corrected chi connectivity index (χ3v) is 6.63. The van der Waals surface area contributed by atoms with Gasteiger partial charge in [-0.1, -0.05) is 86.7 Å². The SMILES string of the molecule is CN1/C(=C/C=C/c2cc[n+](Cc3cccc4ccccc34)cc2)C(C)(C)c2ccccc21. The van der Waals surface area contributed by atoms with Crippen molar-refractivity contribution in [3.8, 4) is 0 Å². The van der Waals surface area contributed by atoms with Gasteiger partial charge < -0.3 is 4.90 Å². The van der Waals surface area contributed by atoms with Crippen LogP contribution in [0.25, 0.3) is 16.8 Å². The fourth-order valence-electron chi connectivity index (χ4n) is 4.86. The molecule has 1 aliphatic heterocycles. The monoisotopic (exact) mass is 417 g/mol. The number of rotatable bonds is 4. The van der Waals surface area contributed by atoms with Crippen LogP contribution in [0, 0.1) is 0 Å². The Balaban J connectivity index is 1.33. The predicted octanol–water partition coefficient (Wildman–Crippen LogP) is 6.50. The number of benzene rings is 3. The Labute approximate surface area is 190 Å². The summed E-state index contributed by atoms with van der Waals surface area (Å²) in [6, 6.07) is 28.2. The van der Waals surface area contributed by atoms with Gasteiger partial charge in [0.2, 0.25) is 0 Å². The molecule has 0 N–H and O–H groups in total. The minimum atomic E-state index is 0.00779. The summed E-state index contributed by atoms with van der Waals surface area (Å²) >= 11 is 0. The zero-order valence-electron chi connectivity index (χ0n) is 19.0. The normalized spacial score (nSPS) is 16.2. The predicted molar refractivity (Wildman–Crippen MR) is 135 cm³/mol. The average Bonchev–Trinajstić information content (AvgIpc) is 3.01. The molecule has 0 spiro atoms. The third-order valence-electron chi connectivity index (χ3n) is 6.63. The van der Waals surface area contributed by atoms with E-state index in [-0.39, 0.29) is 5.41 Å². The molecule has 0 radical (unpaired) electrons. The molecule has 0 aliphatic carbocycles. The molecular weight excluding hydrogens is 388 g/mol. The summed E-state index contributed by atoms with van der Waals surface area (Å²) in [5.74, 6) is 0. The van der Waals surface area contributed by atoms with Crippen LogP contribution in [0.1, 0.15) is 30.5 Å². The van der Waals surface area contributed by atoms with Gasteiger partial charge in [-0.3, -0.25) is 0 Å². The number of hydrogen-bond donors (Lipinski definition) is 0. The van der Waals surface area contributed by atoms with Crippen molar-refractivity contribution in [1.82, 2.24) is 0 Å². The van der Waals surface area contributed by atoms with Crippen LogP contribution in [0.5, 0.6) is 0 Å². The molecule has 4 aromatic rings. The van der Waals surface area contributed by atoms with Gasteiger partial charge in [-0.05, 0) is 34.0 Å². The molecule has 2 heterocycles. The number of likely N-dealkylation sites (N-methyl/N-ethyl adjacent to an activating group) is 1. The first kappa shape index (κ1) is 20.3.